The molecule has 0 aliphatic carbocycles. The number of sulfonamides is 1. The zero-order valence-electron chi connectivity index (χ0n) is 14.8. The van der Waals surface area contributed by atoms with Gasteiger partial charge in [0.2, 0.25) is 0 Å². The van der Waals surface area contributed by atoms with E-state index in [1.165, 1.54) is 4.31 Å². The summed E-state index contributed by atoms with van der Waals surface area (Å²) in [4.78, 5) is 1.34. The fourth-order valence-electron chi connectivity index (χ4n) is 2.90. The first-order valence-corrected chi connectivity index (χ1v) is 11.1. The molecule has 0 N–H and O–H groups in total. The molecule has 5 heteroatoms. The van der Waals surface area contributed by atoms with Gasteiger partial charge in [-0.1, -0.05) is 48.5 Å². The summed E-state index contributed by atoms with van der Waals surface area (Å²) in [6.07, 6.45) is 1.97. The maximum Gasteiger partial charge on any atom is 0.264 e. The molecule has 0 heterocycles. The van der Waals surface area contributed by atoms with Crippen molar-refractivity contribution in [3.8, 4) is 11.1 Å². The number of thioether (sulfide) groups is 1. The van der Waals surface area contributed by atoms with Gasteiger partial charge in [0.25, 0.3) is 10.0 Å². The van der Waals surface area contributed by atoms with Crippen LogP contribution in [0.2, 0.25) is 0 Å². The van der Waals surface area contributed by atoms with E-state index in [-0.39, 0.29) is 0 Å². The Morgan fingerprint density at radius 2 is 1.46 bits per heavy atom. The molecule has 3 rings (SSSR count). The third kappa shape index (κ3) is 3.64. The molecule has 0 saturated carbocycles. The van der Waals surface area contributed by atoms with Crippen molar-refractivity contribution in [3.05, 3.63) is 78.9 Å². The lowest BCUT2D eigenvalue weighted by atomic mass is 10.0. The lowest BCUT2D eigenvalue weighted by Crippen LogP contribution is -2.31. The van der Waals surface area contributed by atoms with Crippen LogP contribution in [0.25, 0.3) is 11.1 Å². The van der Waals surface area contributed by atoms with Gasteiger partial charge in [0.1, 0.15) is 0 Å². The maximum absolute atomic E-state index is 13.3. The summed E-state index contributed by atoms with van der Waals surface area (Å²) >= 11 is 1.59. The molecule has 0 fully saturated rings. The third-order valence-corrected chi connectivity index (χ3v) is 6.84. The highest BCUT2D eigenvalue weighted by Crippen LogP contribution is 2.34. The molecule has 0 aliphatic rings. The van der Waals surface area contributed by atoms with Crippen LogP contribution < -0.4 is 4.31 Å². The smallest absolute Gasteiger partial charge is 0.264 e. The molecule has 0 aromatic heterocycles. The standard InChI is InChI=1S/C21H21NO2S2/c1-3-22(26(23,24)19-15-13-18(25-2)14-16-19)21-12-8-7-11-20(21)17-9-5-4-6-10-17/h4-16H,3H2,1-2H3. The predicted molar refractivity (Wildman–Crippen MR) is 110 cm³/mol. The number of hydrogen-bond acceptors (Lipinski definition) is 3. The van der Waals surface area contributed by atoms with Gasteiger partial charge < -0.3 is 0 Å². The van der Waals surface area contributed by atoms with Crippen molar-refractivity contribution in [1.29, 1.82) is 0 Å². The third-order valence-electron chi connectivity index (χ3n) is 4.19. The van der Waals surface area contributed by atoms with E-state index >= 15 is 0 Å². The van der Waals surface area contributed by atoms with Crippen LogP contribution in [-0.4, -0.2) is 21.2 Å². The Hall–Kier alpha value is -2.24. The number of hydrogen-bond donors (Lipinski definition) is 0. The molecule has 0 spiro atoms. The average molecular weight is 384 g/mol. The summed E-state index contributed by atoms with van der Waals surface area (Å²) in [6, 6.07) is 24.5. The van der Waals surface area contributed by atoms with Crippen molar-refractivity contribution in [1.82, 2.24) is 0 Å². The van der Waals surface area contributed by atoms with Crippen LogP contribution in [0.4, 0.5) is 5.69 Å². The molecule has 3 nitrogen and oxygen atoms in total. The monoisotopic (exact) mass is 383 g/mol. The Morgan fingerprint density at radius 1 is 0.846 bits per heavy atom. The van der Waals surface area contributed by atoms with Crippen LogP contribution in [0.5, 0.6) is 0 Å². The van der Waals surface area contributed by atoms with Crippen molar-refractivity contribution in [3.63, 3.8) is 0 Å². The molecule has 3 aromatic carbocycles. The second kappa shape index (κ2) is 7.98. The van der Waals surface area contributed by atoms with E-state index < -0.39 is 10.0 Å². The van der Waals surface area contributed by atoms with Crippen LogP contribution in [-0.2, 0) is 10.0 Å². The molecule has 0 atom stereocenters. The molecule has 0 saturated heterocycles. The van der Waals surface area contributed by atoms with Gasteiger partial charge in [-0.05, 0) is 49.1 Å². The van der Waals surface area contributed by atoms with Crippen LogP contribution in [0.1, 0.15) is 6.92 Å². The first-order valence-electron chi connectivity index (χ1n) is 8.39. The molecular formula is C21H21NO2S2. The highest BCUT2D eigenvalue weighted by atomic mass is 32.2. The molecule has 0 bridgehead atoms. The summed E-state index contributed by atoms with van der Waals surface area (Å²) in [7, 11) is -3.64. The van der Waals surface area contributed by atoms with Crippen LogP contribution in [0.15, 0.2) is 88.7 Å². The Morgan fingerprint density at radius 3 is 2.08 bits per heavy atom. The second-order valence-corrected chi connectivity index (χ2v) is 8.47. The zero-order chi connectivity index (χ0) is 18.6. The van der Waals surface area contributed by atoms with Gasteiger partial charge in [-0.3, -0.25) is 4.31 Å². The van der Waals surface area contributed by atoms with Crippen LogP contribution in [0.3, 0.4) is 0 Å². The normalized spacial score (nSPS) is 11.3. The summed E-state index contributed by atoms with van der Waals surface area (Å²) in [5.41, 5.74) is 2.59. The number of anilines is 1. The van der Waals surface area contributed by atoms with E-state index in [1.807, 2.05) is 79.9 Å². The highest BCUT2D eigenvalue weighted by molar-refractivity contribution is 7.98. The Kier molecular flexibility index (Phi) is 5.69. The van der Waals surface area contributed by atoms with E-state index in [0.29, 0.717) is 17.1 Å². The fraction of sp³-hybridized carbons (Fsp3) is 0.143. The van der Waals surface area contributed by atoms with Crippen LogP contribution >= 0.6 is 11.8 Å². The highest BCUT2D eigenvalue weighted by Gasteiger charge is 2.25. The lowest BCUT2D eigenvalue weighted by Gasteiger charge is -2.25. The van der Waals surface area contributed by atoms with Gasteiger partial charge in [-0.25, -0.2) is 8.42 Å². The summed E-state index contributed by atoms with van der Waals surface area (Å²) in [5.74, 6) is 0. The Balaban J connectivity index is 2.09. The van der Waals surface area contributed by atoms with Gasteiger partial charge in [0.15, 0.2) is 0 Å². The van der Waals surface area contributed by atoms with Gasteiger partial charge in [-0.2, -0.15) is 0 Å². The van der Waals surface area contributed by atoms with E-state index in [4.69, 9.17) is 0 Å². The van der Waals surface area contributed by atoms with Gasteiger partial charge in [-0.15, -0.1) is 11.8 Å². The van der Waals surface area contributed by atoms with Crippen LogP contribution in [0, 0.1) is 0 Å². The first-order chi connectivity index (χ1) is 12.6. The Labute approximate surface area is 159 Å². The average Bonchev–Trinajstić information content (AvgIpc) is 2.69. The first kappa shape index (κ1) is 18.5. The summed E-state index contributed by atoms with van der Waals surface area (Å²) in [6.45, 7) is 2.21. The van der Waals surface area contributed by atoms with Crippen molar-refractivity contribution < 1.29 is 8.42 Å². The molecule has 0 aliphatic heterocycles. The molecule has 0 radical (unpaired) electrons. The van der Waals surface area contributed by atoms with E-state index in [1.54, 1.807) is 23.9 Å². The Bertz CT molecular complexity index is 968. The van der Waals surface area contributed by atoms with Crippen molar-refractivity contribution >= 4 is 27.5 Å². The van der Waals surface area contributed by atoms with E-state index in [9.17, 15) is 8.42 Å². The van der Waals surface area contributed by atoms with Gasteiger partial charge >= 0.3 is 0 Å². The molecule has 0 amide bonds. The number of nitrogens with zero attached hydrogens (tertiary/aromatic N) is 1. The number of para-hydroxylation sites is 1. The molecule has 134 valence electrons. The van der Waals surface area contributed by atoms with E-state index in [2.05, 4.69) is 0 Å². The molecule has 3 aromatic rings. The minimum Gasteiger partial charge on any atom is -0.266 e. The summed E-state index contributed by atoms with van der Waals surface area (Å²) < 4.78 is 28.0. The predicted octanol–water partition coefficient (Wildman–Crippen LogP) is 5.29. The maximum atomic E-state index is 13.3. The molecular weight excluding hydrogens is 362 g/mol. The van der Waals surface area contributed by atoms with Crippen molar-refractivity contribution in [2.24, 2.45) is 0 Å². The zero-order valence-corrected chi connectivity index (χ0v) is 16.4. The topological polar surface area (TPSA) is 37.4 Å². The fourth-order valence-corrected chi connectivity index (χ4v) is 4.80. The second-order valence-electron chi connectivity index (χ2n) is 5.73. The SMILES string of the molecule is CCN(c1ccccc1-c1ccccc1)S(=O)(=O)c1ccc(SC)cc1. The van der Waals surface area contributed by atoms with Gasteiger partial charge in [0.05, 0.1) is 10.6 Å². The van der Waals surface area contributed by atoms with Gasteiger partial charge in [0, 0.05) is 17.0 Å². The quantitative estimate of drug-likeness (QED) is 0.543. The summed E-state index contributed by atoms with van der Waals surface area (Å²) in [5, 5.41) is 0. The molecule has 26 heavy (non-hydrogen) atoms. The minimum absolute atomic E-state index is 0.306. The number of rotatable bonds is 6. The van der Waals surface area contributed by atoms with Crippen molar-refractivity contribution in [2.45, 2.75) is 16.7 Å². The minimum atomic E-state index is -3.64. The van der Waals surface area contributed by atoms with E-state index in [0.717, 1.165) is 16.0 Å². The van der Waals surface area contributed by atoms with Crippen molar-refractivity contribution in [2.75, 3.05) is 17.1 Å². The largest absolute Gasteiger partial charge is 0.266 e. The lowest BCUT2D eigenvalue weighted by molar-refractivity contribution is 0.592. The molecule has 0 unspecified atom stereocenters. The number of benzene rings is 3.